The molecule has 0 aliphatic carbocycles. The highest BCUT2D eigenvalue weighted by atomic mass is 32.2. The highest BCUT2D eigenvalue weighted by molar-refractivity contribution is 7.99. The predicted molar refractivity (Wildman–Crippen MR) is 82.5 cm³/mol. The molecule has 0 saturated heterocycles. The second-order valence-corrected chi connectivity index (χ2v) is 6.23. The summed E-state index contributed by atoms with van der Waals surface area (Å²) in [4.78, 5) is 14.7. The summed E-state index contributed by atoms with van der Waals surface area (Å²) in [6.45, 7) is 4.22. The van der Waals surface area contributed by atoms with E-state index in [1.165, 1.54) is 4.90 Å². The van der Waals surface area contributed by atoms with Crippen molar-refractivity contribution in [3.05, 3.63) is 30.3 Å². The molecule has 0 bridgehead atoms. The van der Waals surface area contributed by atoms with Crippen molar-refractivity contribution in [2.45, 2.75) is 37.2 Å². The molecule has 1 N–H and O–H groups in total. The zero-order valence-corrected chi connectivity index (χ0v) is 13.0. The highest BCUT2D eigenvalue weighted by Crippen LogP contribution is 2.19. The Morgan fingerprint density at radius 2 is 1.89 bits per heavy atom. The first kappa shape index (κ1) is 16.1. The molecular weight excluding hydrogens is 256 g/mol. The third kappa shape index (κ3) is 6.64. The number of carbonyl (C=O) groups excluding carboxylic acids is 1. The fourth-order valence-electron chi connectivity index (χ4n) is 1.74. The molecule has 0 aliphatic rings. The minimum Gasteiger partial charge on any atom is -0.349 e. The molecule has 4 heteroatoms. The smallest absolute Gasteiger partial charge is 0.223 e. The monoisotopic (exact) mass is 280 g/mol. The van der Waals surface area contributed by atoms with Crippen molar-refractivity contribution < 1.29 is 4.79 Å². The average molecular weight is 280 g/mol. The third-order valence-electron chi connectivity index (χ3n) is 2.68. The zero-order chi connectivity index (χ0) is 14.3. The molecule has 1 aromatic rings. The topological polar surface area (TPSA) is 32.3 Å². The lowest BCUT2D eigenvalue weighted by Gasteiger charge is -2.22. The molecule has 1 atom stereocenters. The summed E-state index contributed by atoms with van der Waals surface area (Å²) in [7, 11) is 3.61. The van der Waals surface area contributed by atoms with E-state index in [4.69, 9.17) is 0 Å². The molecule has 0 fully saturated rings. The number of rotatable bonds is 7. The van der Waals surface area contributed by atoms with Crippen LogP contribution in [0, 0.1) is 0 Å². The highest BCUT2D eigenvalue weighted by Gasteiger charge is 2.16. The lowest BCUT2D eigenvalue weighted by Crippen LogP contribution is -2.40. The van der Waals surface area contributed by atoms with Crippen molar-refractivity contribution in [3.63, 3.8) is 0 Å². The van der Waals surface area contributed by atoms with E-state index in [1.807, 2.05) is 18.2 Å². The molecule has 19 heavy (non-hydrogen) atoms. The number of hydrogen-bond donors (Lipinski definition) is 1. The van der Waals surface area contributed by atoms with E-state index >= 15 is 0 Å². The van der Waals surface area contributed by atoms with E-state index in [0.717, 1.165) is 5.75 Å². The number of thioether (sulfide) groups is 1. The first-order valence-corrected chi connectivity index (χ1v) is 7.61. The van der Waals surface area contributed by atoms with Crippen LogP contribution < -0.4 is 5.32 Å². The standard InChI is InChI=1S/C15H24N2OS/c1-12(2)16-13(10-15(18)17(3)4)11-19-14-8-6-5-7-9-14/h5-9,12-13,16H,10-11H2,1-4H3. The normalized spacial score (nSPS) is 12.5. The molecule has 1 rings (SSSR count). The number of hydrogen-bond acceptors (Lipinski definition) is 3. The summed E-state index contributed by atoms with van der Waals surface area (Å²) in [5, 5.41) is 3.47. The van der Waals surface area contributed by atoms with Crippen molar-refractivity contribution in [1.29, 1.82) is 0 Å². The van der Waals surface area contributed by atoms with E-state index in [-0.39, 0.29) is 11.9 Å². The van der Waals surface area contributed by atoms with E-state index in [2.05, 4.69) is 31.3 Å². The maximum Gasteiger partial charge on any atom is 0.223 e. The molecule has 1 aromatic carbocycles. The maximum absolute atomic E-state index is 11.8. The number of amides is 1. The fourth-order valence-corrected chi connectivity index (χ4v) is 2.70. The van der Waals surface area contributed by atoms with Crippen LogP contribution >= 0.6 is 11.8 Å². The van der Waals surface area contributed by atoms with Crippen molar-refractivity contribution in [3.8, 4) is 0 Å². The average Bonchev–Trinajstić information content (AvgIpc) is 2.36. The molecule has 1 amide bonds. The number of nitrogens with zero attached hydrogens (tertiary/aromatic N) is 1. The summed E-state index contributed by atoms with van der Waals surface area (Å²) in [5.41, 5.74) is 0. The summed E-state index contributed by atoms with van der Waals surface area (Å²) in [6.07, 6.45) is 0.547. The van der Waals surface area contributed by atoms with E-state index in [0.29, 0.717) is 12.5 Å². The second kappa shape index (κ2) is 8.23. The Balaban J connectivity index is 2.52. The number of benzene rings is 1. The molecule has 0 saturated carbocycles. The summed E-state index contributed by atoms with van der Waals surface area (Å²) < 4.78 is 0. The van der Waals surface area contributed by atoms with Gasteiger partial charge in [-0.05, 0) is 12.1 Å². The third-order valence-corrected chi connectivity index (χ3v) is 3.86. The van der Waals surface area contributed by atoms with Gasteiger partial charge in [-0.3, -0.25) is 4.79 Å². The van der Waals surface area contributed by atoms with Gasteiger partial charge in [0.1, 0.15) is 0 Å². The molecular formula is C15H24N2OS. The Bertz CT molecular complexity index is 379. The van der Waals surface area contributed by atoms with E-state index in [9.17, 15) is 4.79 Å². The van der Waals surface area contributed by atoms with Crippen LogP contribution in [0.15, 0.2) is 35.2 Å². The van der Waals surface area contributed by atoms with Crippen LogP contribution in [-0.2, 0) is 4.79 Å². The van der Waals surface area contributed by atoms with Crippen LogP contribution in [-0.4, -0.2) is 42.7 Å². The SMILES string of the molecule is CC(C)NC(CSc1ccccc1)CC(=O)N(C)C. The molecule has 0 heterocycles. The summed E-state index contributed by atoms with van der Waals surface area (Å²) >= 11 is 1.79. The Kier molecular flexibility index (Phi) is 6.95. The minimum atomic E-state index is 0.173. The van der Waals surface area contributed by atoms with Crippen LogP contribution in [0.2, 0.25) is 0 Å². The van der Waals surface area contributed by atoms with Gasteiger partial charge < -0.3 is 10.2 Å². The van der Waals surface area contributed by atoms with Gasteiger partial charge in [-0.15, -0.1) is 11.8 Å². The molecule has 0 radical (unpaired) electrons. The molecule has 0 spiro atoms. The van der Waals surface area contributed by atoms with Crippen LogP contribution in [0.5, 0.6) is 0 Å². The Hall–Kier alpha value is -1.00. The quantitative estimate of drug-likeness (QED) is 0.779. The van der Waals surface area contributed by atoms with E-state index < -0.39 is 0 Å². The van der Waals surface area contributed by atoms with Gasteiger partial charge >= 0.3 is 0 Å². The molecule has 0 aliphatic heterocycles. The molecule has 1 unspecified atom stereocenters. The van der Waals surface area contributed by atoms with Gasteiger partial charge in [0.05, 0.1) is 0 Å². The van der Waals surface area contributed by atoms with Gasteiger partial charge in [-0.2, -0.15) is 0 Å². The first-order chi connectivity index (χ1) is 8.99. The lowest BCUT2D eigenvalue weighted by atomic mass is 10.2. The Labute approximate surface area is 120 Å². The summed E-state index contributed by atoms with van der Waals surface area (Å²) in [5.74, 6) is 1.08. The van der Waals surface area contributed by atoms with Gasteiger partial charge in [-0.25, -0.2) is 0 Å². The van der Waals surface area contributed by atoms with Crippen molar-refractivity contribution in [2.75, 3.05) is 19.8 Å². The minimum absolute atomic E-state index is 0.173. The maximum atomic E-state index is 11.8. The Morgan fingerprint density at radius 3 is 2.42 bits per heavy atom. The van der Waals surface area contributed by atoms with Crippen LogP contribution in [0.4, 0.5) is 0 Å². The first-order valence-electron chi connectivity index (χ1n) is 6.63. The van der Waals surface area contributed by atoms with Crippen molar-refractivity contribution in [1.82, 2.24) is 10.2 Å². The van der Waals surface area contributed by atoms with Gasteiger partial charge in [0.15, 0.2) is 0 Å². The van der Waals surface area contributed by atoms with Gasteiger partial charge in [0.2, 0.25) is 5.91 Å². The van der Waals surface area contributed by atoms with Crippen LogP contribution in [0.3, 0.4) is 0 Å². The Morgan fingerprint density at radius 1 is 1.26 bits per heavy atom. The van der Waals surface area contributed by atoms with Gasteiger partial charge in [-0.1, -0.05) is 32.0 Å². The van der Waals surface area contributed by atoms with Crippen LogP contribution in [0.25, 0.3) is 0 Å². The van der Waals surface area contributed by atoms with Gasteiger partial charge in [0.25, 0.3) is 0 Å². The van der Waals surface area contributed by atoms with Crippen LogP contribution in [0.1, 0.15) is 20.3 Å². The molecule has 0 aromatic heterocycles. The number of carbonyl (C=O) groups is 1. The van der Waals surface area contributed by atoms with E-state index in [1.54, 1.807) is 30.8 Å². The van der Waals surface area contributed by atoms with Gasteiger partial charge in [0, 0.05) is 43.2 Å². The second-order valence-electron chi connectivity index (χ2n) is 5.13. The summed E-state index contributed by atoms with van der Waals surface area (Å²) in [6, 6.07) is 10.9. The molecule has 3 nitrogen and oxygen atoms in total. The largest absolute Gasteiger partial charge is 0.349 e. The van der Waals surface area contributed by atoms with Crippen molar-refractivity contribution in [2.24, 2.45) is 0 Å². The van der Waals surface area contributed by atoms with Crippen molar-refractivity contribution >= 4 is 17.7 Å². The zero-order valence-electron chi connectivity index (χ0n) is 12.2. The molecule has 106 valence electrons. The lowest BCUT2D eigenvalue weighted by molar-refractivity contribution is -0.129. The predicted octanol–water partition coefficient (Wildman–Crippen LogP) is 2.62. The number of nitrogens with one attached hydrogen (secondary N) is 1. The fraction of sp³-hybridized carbons (Fsp3) is 0.533.